The molecule has 5 unspecified atom stereocenters. The van der Waals surface area contributed by atoms with Gasteiger partial charge in [-0.15, -0.1) is 0 Å². The molecule has 0 bridgehead atoms. The minimum atomic E-state index is 0.281. The Balaban J connectivity index is 1.85. The summed E-state index contributed by atoms with van der Waals surface area (Å²) in [5, 5.41) is 10.3. The van der Waals surface area contributed by atoms with E-state index in [9.17, 15) is 5.26 Å². The highest BCUT2D eigenvalue weighted by molar-refractivity contribution is 6.31. The maximum Gasteiger partial charge on any atom is 0.0658 e. The summed E-state index contributed by atoms with van der Waals surface area (Å²) >= 11 is 6.38. The second-order valence-electron chi connectivity index (χ2n) is 6.77. The van der Waals surface area contributed by atoms with Crippen molar-refractivity contribution in [2.75, 3.05) is 0 Å². The number of fused-ring (bicyclic) bond motifs is 1. The lowest BCUT2D eigenvalue weighted by atomic mass is 9.58. The molecule has 0 amide bonds. The third-order valence-electron chi connectivity index (χ3n) is 5.85. The highest BCUT2D eigenvalue weighted by Gasteiger charge is 2.42. The lowest BCUT2D eigenvalue weighted by Gasteiger charge is -2.46. The number of hydrogen-bond acceptors (Lipinski definition) is 2. The maximum atomic E-state index is 9.43. The van der Waals surface area contributed by atoms with Gasteiger partial charge >= 0.3 is 0 Å². The van der Waals surface area contributed by atoms with E-state index in [1.165, 1.54) is 31.2 Å². The van der Waals surface area contributed by atoms with Crippen LogP contribution in [0.4, 0.5) is 0 Å². The number of aromatic nitrogens is 1. The average Bonchev–Trinajstić information content (AvgIpc) is 2.53. The Kier molecular flexibility index (Phi) is 4.50. The van der Waals surface area contributed by atoms with Crippen LogP contribution in [0.15, 0.2) is 18.5 Å². The molecule has 0 aliphatic heterocycles. The SMILES string of the molecule is CC(c1cnccc1Cl)C1CCC(C#N)C2CCCCC21. The van der Waals surface area contributed by atoms with Crippen LogP contribution >= 0.6 is 11.6 Å². The van der Waals surface area contributed by atoms with Gasteiger partial charge in [0.25, 0.3) is 0 Å². The van der Waals surface area contributed by atoms with E-state index in [1.807, 2.05) is 12.3 Å². The lowest BCUT2D eigenvalue weighted by molar-refractivity contribution is 0.0610. The molecule has 1 aromatic heterocycles. The molecule has 1 heterocycles. The molecule has 21 heavy (non-hydrogen) atoms. The zero-order chi connectivity index (χ0) is 14.8. The molecule has 2 aliphatic carbocycles. The van der Waals surface area contributed by atoms with Gasteiger partial charge < -0.3 is 0 Å². The fourth-order valence-electron chi connectivity index (χ4n) is 4.76. The van der Waals surface area contributed by atoms with Gasteiger partial charge in [0.2, 0.25) is 0 Å². The number of halogens is 1. The Morgan fingerprint density at radius 3 is 2.71 bits per heavy atom. The van der Waals surface area contributed by atoms with Crippen molar-refractivity contribution in [2.24, 2.45) is 23.7 Å². The summed E-state index contributed by atoms with van der Waals surface area (Å²) in [6.45, 7) is 2.30. The Morgan fingerprint density at radius 1 is 1.24 bits per heavy atom. The Labute approximate surface area is 132 Å². The minimum Gasteiger partial charge on any atom is -0.264 e. The number of nitrogens with zero attached hydrogens (tertiary/aromatic N) is 2. The van der Waals surface area contributed by atoms with Crippen molar-refractivity contribution in [3.8, 4) is 6.07 Å². The van der Waals surface area contributed by atoms with E-state index in [1.54, 1.807) is 6.20 Å². The Bertz CT molecular complexity index is 536. The van der Waals surface area contributed by atoms with E-state index in [-0.39, 0.29) is 5.92 Å². The molecule has 2 fully saturated rings. The predicted molar refractivity (Wildman–Crippen MR) is 84.9 cm³/mol. The second kappa shape index (κ2) is 6.36. The highest BCUT2D eigenvalue weighted by atomic mass is 35.5. The number of nitriles is 1. The first kappa shape index (κ1) is 14.9. The fourth-order valence-corrected chi connectivity index (χ4v) is 5.03. The number of pyridine rings is 1. The van der Waals surface area contributed by atoms with E-state index in [2.05, 4.69) is 18.0 Å². The number of hydrogen-bond donors (Lipinski definition) is 0. The first-order valence-electron chi connectivity index (χ1n) is 8.21. The quantitative estimate of drug-likeness (QED) is 0.753. The summed E-state index contributed by atoms with van der Waals surface area (Å²) in [7, 11) is 0. The van der Waals surface area contributed by atoms with Gasteiger partial charge in [-0.1, -0.05) is 31.4 Å². The van der Waals surface area contributed by atoms with Gasteiger partial charge in [-0.3, -0.25) is 4.98 Å². The molecule has 5 atom stereocenters. The van der Waals surface area contributed by atoms with Crippen LogP contribution in [0.5, 0.6) is 0 Å². The van der Waals surface area contributed by atoms with Crippen molar-refractivity contribution in [1.82, 2.24) is 4.98 Å². The van der Waals surface area contributed by atoms with Gasteiger partial charge in [0.05, 0.1) is 6.07 Å². The van der Waals surface area contributed by atoms with Crippen molar-refractivity contribution in [3.05, 3.63) is 29.0 Å². The van der Waals surface area contributed by atoms with Crippen molar-refractivity contribution in [3.63, 3.8) is 0 Å². The third-order valence-corrected chi connectivity index (χ3v) is 6.19. The largest absolute Gasteiger partial charge is 0.264 e. The van der Waals surface area contributed by atoms with E-state index < -0.39 is 0 Å². The van der Waals surface area contributed by atoms with Crippen molar-refractivity contribution in [1.29, 1.82) is 5.26 Å². The molecule has 112 valence electrons. The second-order valence-corrected chi connectivity index (χ2v) is 7.18. The predicted octanol–water partition coefficient (Wildman–Crippen LogP) is 5.19. The number of rotatable bonds is 2. The monoisotopic (exact) mass is 302 g/mol. The molecule has 2 aliphatic rings. The molecule has 0 aromatic carbocycles. The molecule has 3 rings (SSSR count). The Hall–Kier alpha value is -1.07. The van der Waals surface area contributed by atoms with E-state index in [0.29, 0.717) is 23.7 Å². The topological polar surface area (TPSA) is 36.7 Å². The van der Waals surface area contributed by atoms with Gasteiger partial charge in [0.15, 0.2) is 0 Å². The molecule has 3 heteroatoms. The highest BCUT2D eigenvalue weighted by Crippen LogP contribution is 2.51. The zero-order valence-electron chi connectivity index (χ0n) is 12.6. The van der Waals surface area contributed by atoms with Crippen LogP contribution in [0.3, 0.4) is 0 Å². The van der Waals surface area contributed by atoms with Crippen molar-refractivity contribution in [2.45, 2.75) is 51.4 Å². The first-order chi connectivity index (χ1) is 10.2. The van der Waals surface area contributed by atoms with Gasteiger partial charge in [-0.05, 0) is 61.0 Å². The summed E-state index contributed by atoms with van der Waals surface area (Å²) in [5.74, 6) is 2.69. The van der Waals surface area contributed by atoms with Crippen LogP contribution in [0, 0.1) is 35.0 Å². The van der Waals surface area contributed by atoms with E-state index in [4.69, 9.17) is 11.6 Å². The van der Waals surface area contributed by atoms with E-state index in [0.717, 1.165) is 17.9 Å². The standard InChI is InChI=1S/C18H23ClN2/c1-12(17-11-21-9-8-18(17)19)14-7-6-13(10-20)15-4-2-3-5-16(14)15/h8-9,11-16H,2-7H2,1H3. The molecule has 1 aromatic rings. The van der Waals surface area contributed by atoms with Crippen molar-refractivity contribution < 1.29 is 0 Å². The smallest absolute Gasteiger partial charge is 0.0658 e. The molecule has 0 radical (unpaired) electrons. The summed E-state index contributed by atoms with van der Waals surface area (Å²) in [6.07, 6.45) is 11.1. The van der Waals surface area contributed by atoms with Gasteiger partial charge in [-0.25, -0.2) is 0 Å². The van der Waals surface area contributed by atoms with Crippen LogP contribution in [0.1, 0.15) is 56.9 Å². The van der Waals surface area contributed by atoms with Crippen LogP contribution in [0.25, 0.3) is 0 Å². The molecular formula is C18H23ClN2. The van der Waals surface area contributed by atoms with Crippen LogP contribution in [-0.2, 0) is 0 Å². The fraction of sp³-hybridized carbons (Fsp3) is 0.667. The van der Waals surface area contributed by atoms with E-state index >= 15 is 0 Å². The normalized spacial score (nSPS) is 33.8. The van der Waals surface area contributed by atoms with Gasteiger partial charge in [0.1, 0.15) is 0 Å². The summed E-state index contributed by atoms with van der Waals surface area (Å²) in [5.41, 5.74) is 1.18. The average molecular weight is 303 g/mol. The molecule has 0 N–H and O–H groups in total. The minimum absolute atomic E-state index is 0.281. The molecule has 2 saturated carbocycles. The Morgan fingerprint density at radius 2 is 2.00 bits per heavy atom. The van der Waals surface area contributed by atoms with Gasteiger partial charge in [-0.2, -0.15) is 5.26 Å². The lowest BCUT2D eigenvalue weighted by Crippen LogP contribution is -2.38. The maximum absolute atomic E-state index is 9.43. The summed E-state index contributed by atoms with van der Waals surface area (Å²) < 4.78 is 0. The molecule has 0 spiro atoms. The zero-order valence-corrected chi connectivity index (χ0v) is 13.4. The van der Waals surface area contributed by atoms with Crippen LogP contribution in [-0.4, -0.2) is 4.98 Å². The molecular weight excluding hydrogens is 280 g/mol. The van der Waals surface area contributed by atoms with Crippen LogP contribution < -0.4 is 0 Å². The van der Waals surface area contributed by atoms with Gasteiger partial charge in [0, 0.05) is 23.3 Å². The molecule has 2 nitrogen and oxygen atoms in total. The van der Waals surface area contributed by atoms with Crippen LogP contribution in [0.2, 0.25) is 5.02 Å². The first-order valence-corrected chi connectivity index (χ1v) is 8.59. The summed E-state index contributed by atoms with van der Waals surface area (Å²) in [4.78, 5) is 4.26. The third kappa shape index (κ3) is 2.81. The van der Waals surface area contributed by atoms with Crippen molar-refractivity contribution >= 4 is 11.6 Å². The molecule has 0 saturated heterocycles. The summed E-state index contributed by atoms with van der Waals surface area (Å²) in [6, 6.07) is 4.47.